The lowest BCUT2D eigenvalue weighted by Crippen LogP contribution is -2.47. The fourth-order valence-corrected chi connectivity index (χ4v) is 5.45. The second-order valence-electron chi connectivity index (χ2n) is 10.2. The van der Waals surface area contributed by atoms with Crippen molar-refractivity contribution in [3.05, 3.63) is 51.4 Å². The van der Waals surface area contributed by atoms with Gasteiger partial charge in [-0.2, -0.15) is 13.2 Å². The number of carbonyl (C=O) groups excluding carboxylic acids is 2. The number of alkyl halides is 3. The molecule has 0 bridgehead atoms. The van der Waals surface area contributed by atoms with Crippen LogP contribution in [0.3, 0.4) is 0 Å². The highest BCUT2D eigenvalue weighted by atomic mass is 19.4. The number of hydrogen-bond donors (Lipinski definition) is 2. The van der Waals surface area contributed by atoms with Crippen LogP contribution in [0.5, 0.6) is 0 Å². The summed E-state index contributed by atoms with van der Waals surface area (Å²) < 4.78 is 52.1. The largest absolute Gasteiger partial charge is 0.449 e. The number of aromatic nitrogens is 1. The predicted molar refractivity (Wildman–Crippen MR) is 134 cm³/mol. The molecule has 1 saturated heterocycles. The van der Waals surface area contributed by atoms with Gasteiger partial charge in [-0.05, 0) is 36.7 Å². The summed E-state index contributed by atoms with van der Waals surface area (Å²) in [5.41, 5.74) is 3.04. The monoisotopic (exact) mass is 555 g/mol. The van der Waals surface area contributed by atoms with E-state index in [0.29, 0.717) is 31.1 Å². The van der Waals surface area contributed by atoms with Crippen LogP contribution in [0.25, 0.3) is 0 Å². The van der Waals surface area contributed by atoms with Crippen molar-refractivity contribution in [3.8, 4) is 0 Å². The van der Waals surface area contributed by atoms with Crippen LogP contribution in [0.1, 0.15) is 54.9 Å². The molecule has 1 fully saturated rings. The Morgan fingerprint density at radius 2 is 1.95 bits per heavy atom. The number of hydrogen-bond acceptors (Lipinski definition) is 8. The zero-order valence-electron chi connectivity index (χ0n) is 21.9. The number of primary amides is 1. The number of rotatable bonds is 10. The Labute approximate surface area is 223 Å². The molecule has 0 saturated carbocycles. The van der Waals surface area contributed by atoms with E-state index in [9.17, 15) is 32.9 Å². The van der Waals surface area contributed by atoms with Gasteiger partial charge in [0, 0.05) is 56.4 Å². The van der Waals surface area contributed by atoms with Crippen LogP contribution in [0.2, 0.25) is 0 Å². The number of amides is 2. The first-order chi connectivity index (χ1) is 18.3. The molecule has 1 atom stereocenters. The minimum atomic E-state index is -4.78. The van der Waals surface area contributed by atoms with Gasteiger partial charge >= 0.3 is 12.3 Å². The van der Waals surface area contributed by atoms with Crippen LogP contribution in [0, 0.1) is 27.4 Å². The van der Waals surface area contributed by atoms with Gasteiger partial charge in [0.2, 0.25) is 0 Å². The first-order valence-electron chi connectivity index (χ1n) is 12.5. The third-order valence-electron chi connectivity index (χ3n) is 7.17. The van der Waals surface area contributed by atoms with E-state index in [1.165, 1.54) is 13.1 Å². The van der Waals surface area contributed by atoms with E-state index in [4.69, 9.17) is 15.0 Å². The molecule has 214 valence electrons. The topological polar surface area (TPSA) is 154 Å². The van der Waals surface area contributed by atoms with Gasteiger partial charge in [-0.15, -0.1) is 0 Å². The van der Waals surface area contributed by atoms with E-state index in [1.54, 1.807) is 4.90 Å². The van der Waals surface area contributed by atoms with E-state index in [2.05, 4.69) is 10.5 Å². The van der Waals surface area contributed by atoms with Crippen molar-refractivity contribution in [3.63, 3.8) is 0 Å². The molecule has 2 aromatic rings. The molecule has 3 rings (SSSR count). The molecule has 0 radical (unpaired) electrons. The molecule has 2 amide bonds. The van der Waals surface area contributed by atoms with Crippen LogP contribution < -0.4 is 16.0 Å². The number of nitro groups is 1. The molecule has 1 unspecified atom stereocenters. The second-order valence-corrected chi connectivity index (χ2v) is 10.2. The Morgan fingerprint density at radius 1 is 1.28 bits per heavy atom. The summed E-state index contributed by atoms with van der Waals surface area (Å²) >= 11 is 0. The molecule has 0 aliphatic carbocycles. The summed E-state index contributed by atoms with van der Waals surface area (Å²) in [7, 11) is 1.46. The first-order valence-corrected chi connectivity index (χ1v) is 12.5. The van der Waals surface area contributed by atoms with E-state index < -0.39 is 39.8 Å². The number of benzene rings is 1. The van der Waals surface area contributed by atoms with Gasteiger partial charge in [0.25, 0.3) is 11.6 Å². The molecule has 11 nitrogen and oxygen atoms in total. The molecular formula is C25H32F3N5O6. The number of piperidine rings is 1. The van der Waals surface area contributed by atoms with Gasteiger partial charge < -0.3 is 25.2 Å². The van der Waals surface area contributed by atoms with Crippen molar-refractivity contribution >= 4 is 23.4 Å². The summed E-state index contributed by atoms with van der Waals surface area (Å²) in [6, 6.07) is 4.26. The van der Waals surface area contributed by atoms with Crippen LogP contribution >= 0.6 is 0 Å². The van der Waals surface area contributed by atoms with Crippen molar-refractivity contribution in [1.29, 1.82) is 0 Å². The summed E-state index contributed by atoms with van der Waals surface area (Å²) in [6.45, 7) is 4.47. The molecule has 39 heavy (non-hydrogen) atoms. The Kier molecular flexibility index (Phi) is 9.07. The fraction of sp³-hybridized carbons (Fsp3) is 0.560. The second kappa shape index (κ2) is 11.9. The predicted octanol–water partition coefficient (Wildman–Crippen LogP) is 4.55. The minimum absolute atomic E-state index is 0.0522. The van der Waals surface area contributed by atoms with Crippen LogP contribution in [-0.2, 0) is 17.3 Å². The third-order valence-corrected chi connectivity index (χ3v) is 7.17. The molecule has 0 spiro atoms. The van der Waals surface area contributed by atoms with Crippen LogP contribution in [-0.4, -0.2) is 48.8 Å². The lowest BCUT2D eigenvalue weighted by atomic mass is 9.63. The van der Waals surface area contributed by atoms with Crippen molar-refractivity contribution in [2.75, 3.05) is 31.6 Å². The van der Waals surface area contributed by atoms with Gasteiger partial charge in [-0.25, -0.2) is 4.79 Å². The molecule has 2 heterocycles. The van der Waals surface area contributed by atoms with Crippen molar-refractivity contribution in [1.82, 2.24) is 10.5 Å². The van der Waals surface area contributed by atoms with Crippen LogP contribution in [0.4, 0.5) is 29.3 Å². The minimum Gasteiger partial charge on any atom is -0.449 e. The number of nitrogens with zero attached hydrogens (tertiary/aromatic N) is 3. The molecule has 1 aliphatic heterocycles. The lowest BCUT2D eigenvalue weighted by Gasteiger charge is -2.48. The SMILES string of the molecule is CNC(=O)c1cc(CC(COC(N)=O)C2(CC(C)C)CCN(c3ccc([N+](=O)[O-])cc3C(F)(F)F)CC2)on1. The Hall–Kier alpha value is -3.84. The number of nitrogens with two attached hydrogens (primary N) is 1. The van der Waals surface area contributed by atoms with E-state index in [-0.39, 0.29) is 49.3 Å². The zero-order valence-corrected chi connectivity index (χ0v) is 21.9. The maximum absolute atomic E-state index is 13.8. The van der Waals surface area contributed by atoms with E-state index in [0.717, 1.165) is 12.1 Å². The summed E-state index contributed by atoms with van der Waals surface area (Å²) in [6.07, 6.45) is -3.90. The van der Waals surface area contributed by atoms with Crippen molar-refractivity contribution in [2.45, 2.75) is 45.7 Å². The highest BCUT2D eigenvalue weighted by Crippen LogP contribution is 2.48. The van der Waals surface area contributed by atoms with Gasteiger partial charge in [0.1, 0.15) is 5.76 Å². The Bertz CT molecular complexity index is 1190. The number of halogens is 3. The Morgan fingerprint density at radius 3 is 2.49 bits per heavy atom. The maximum Gasteiger partial charge on any atom is 0.418 e. The number of non-ortho nitro benzene ring substituents is 1. The number of nitro benzene ring substituents is 1. The molecular weight excluding hydrogens is 523 g/mol. The van der Waals surface area contributed by atoms with E-state index in [1.807, 2.05) is 13.8 Å². The first kappa shape index (κ1) is 29.7. The maximum atomic E-state index is 13.8. The van der Waals surface area contributed by atoms with Crippen molar-refractivity contribution < 1.29 is 36.9 Å². The van der Waals surface area contributed by atoms with E-state index >= 15 is 0 Å². The smallest absolute Gasteiger partial charge is 0.418 e. The molecule has 1 aromatic heterocycles. The van der Waals surface area contributed by atoms with Gasteiger partial charge in [0.05, 0.1) is 17.1 Å². The normalized spacial score (nSPS) is 16.1. The lowest BCUT2D eigenvalue weighted by molar-refractivity contribution is -0.385. The average Bonchev–Trinajstić information content (AvgIpc) is 3.33. The third kappa shape index (κ3) is 7.18. The average molecular weight is 556 g/mol. The molecule has 3 N–H and O–H groups in total. The van der Waals surface area contributed by atoms with Gasteiger partial charge in [-0.1, -0.05) is 19.0 Å². The molecule has 1 aromatic carbocycles. The summed E-state index contributed by atoms with van der Waals surface area (Å²) in [5.74, 6) is -0.163. The highest BCUT2D eigenvalue weighted by Gasteiger charge is 2.44. The van der Waals surface area contributed by atoms with Crippen LogP contribution in [0.15, 0.2) is 28.8 Å². The Balaban J connectivity index is 1.92. The zero-order chi connectivity index (χ0) is 29.0. The molecule has 14 heteroatoms. The molecule has 1 aliphatic rings. The van der Waals surface area contributed by atoms with Gasteiger partial charge in [0.15, 0.2) is 5.69 Å². The number of anilines is 1. The quantitative estimate of drug-likeness (QED) is 0.320. The number of ether oxygens (including phenoxy) is 1. The summed E-state index contributed by atoms with van der Waals surface area (Å²) in [4.78, 5) is 35.2. The number of nitrogens with one attached hydrogen (secondary N) is 1. The number of carbonyl (C=O) groups is 2. The standard InChI is InChI=1S/C25H32F3N5O6/c1-15(2)13-24(16(14-38-23(29)35)10-18-12-20(31-39-18)22(34)30-3)6-8-32(9-7-24)21-5-4-17(33(36)37)11-19(21)25(26,27)28/h4-5,11-12,15-16H,6-10,13-14H2,1-3H3,(H2,29,35)(H,30,34). The van der Waals surface area contributed by atoms with Gasteiger partial charge in [-0.3, -0.25) is 14.9 Å². The summed E-state index contributed by atoms with van der Waals surface area (Å²) in [5, 5.41) is 17.3. The van der Waals surface area contributed by atoms with Crippen molar-refractivity contribution in [2.24, 2.45) is 23.0 Å². The highest BCUT2D eigenvalue weighted by molar-refractivity contribution is 5.91. The fourth-order valence-electron chi connectivity index (χ4n) is 5.45.